The third kappa shape index (κ3) is 3.30. The summed E-state index contributed by atoms with van der Waals surface area (Å²) in [5, 5.41) is 0. The molecule has 0 saturated carbocycles. The number of esters is 1. The summed E-state index contributed by atoms with van der Waals surface area (Å²) in [4.78, 5) is 18.5. The molecule has 7 heteroatoms. The molecule has 0 bridgehead atoms. The molecule has 2 aromatic rings. The number of carbonyl (C=O) groups excluding carboxylic acids is 1. The van der Waals surface area contributed by atoms with E-state index in [1.807, 2.05) is 31.3 Å². The lowest BCUT2D eigenvalue weighted by Crippen LogP contribution is -2.22. The average Bonchev–Trinajstić information content (AvgIpc) is 3.16. The summed E-state index contributed by atoms with van der Waals surface area (Å²) in [7, 11) is 1.96. The lowest BCUT2D eigenvalue weighted by atomic mass is 9.84. The number of allylic oxidation sites excluding steroid dienone is 3. The number of nitrogens with zero attached hydrogens (tertiary/aromatic N) is 2. The molecule has 0 atom stereocenters. The van der Waals surface area contributed by atoms with Crippen molar-refractivity contribution >= 4 is 17.6 Å². The molecule has 0 fully saturated rings. The van der Waals surface area contributed by atoms with Crippen LogP contribution in [-0.2, 0) is 21.1 Å². The molecule has 0 saturated heterocycles. The number of fused-ring (bicyclic) bond motifs is 1. The van der Waals surface area contributed by atoms with E-state index in [4.69, 9.17) is 4.74 Å². The van der Waals surface area contributed by atoms with Crippen molar-refractivity contribution in [1.29, 1.82) is 0 Å². The van der Waals surface area contributed by atoms with Crippen molar-refractivity contribution in [3.63, 3.8) is 0 Å². The van der Waals surface area contributed by atoms with Crippen molar-refractivity contribution in [2.75, 3.05) is 11.9 Å². The van der Waals surface area contributed by atoms with Crippen molar-refractivity contribution in [3.8, 4) is 0 Å². The van der Waals surface area contributed by atoms with Gasteiger partial charge in [-0.2, -0.15) is 13.2 Å². The zero-order valence-corrected chi connectivity index (χ0v) is 16.6. The van der Waals surface area contributed by atoms with Gasteiger partial charge in [0.05, 0.1) is 5.56 Å². The number of benzene rings is 2. The predicted molar refractivity (Wildman–Crippen MR) is 108 cm³/mol. The van der Waals surface area contributed by atoms with Crippen LogP contribution in [-0.4, -0.2) is 18.9 Å². The summed E-state index contributed by atoms with van der Waals surface area (Å²) >= 11 is 0. The molecular formula is C23H19F3N2O2. The Kier molecular flexibility index (Phi) is 4.56. The minimum Gasteiger partial charge on any atom is -0.402 e. The molecule has 2 heterocycles. The summed E-state index contributed by atoms with van der Waals surface area (Å²) in [6.07, 6.45) is -1.02. The second-order valence-corrected chi connectivity index (χ2v) is 7.69. The fourth-order valence-electron chi connectivity index (χ4n) is 3.81. The summed E-state index contributed by atoms with van der Waals surface area (Å²) in [6.45, 7) is 4.20. The Bertz CT molecular complexity index is 1110. The molecule has 154 valence electrons. The second kappa shape index (κ2) is 6.86. The Labute approximate surface area is 172 Å². The van der Waals surface area contributed by atoms with Crippen LogP contribution < -0.4 is 4.90 Å². The third-order valence-electron chi connectivity index (χ3n) is 5.42. The lowest BCUT2D eigenvalue weighted by molar-refractivity contribution is -0.137. The Hall–Kier alpha value is -3.35. The highest BCUT2D eigenvalue weighted by Gasteiger charge is 2.38. The number of para-hydroxylation sites is 1. The number of ether oxygens (including phenoxy) is 1. The van der Waals surface area contributed by atoms with E-state index < -0.39 is 17.7 Å². The second-order valence-electron chi connectivity index (χ2n) is 7.69. The zero-order valence-electron chi connectivity index (χ0n) is 16.6. The number of carbonyl (C=O) groups is 1. The average molecular weight is 412 g/mol. The Morgan fingerprint density at radius 2 is 1.70 bits per heavy atom. The van der Waals surface area contributed by atoms with Crippen LogP contribution >= 0.6 is 0 Å². The Morgan fingerprint density at radius 3 is 2.33 bits per heavy atom. The topological polar surface area (TPSA) is 41.9 Å². The minimum absolute atomic E-state index is 0.0132. The lowest BCUT2D eigenvalue weighted by Gasteiger charge is -2.23. The smallest absolute Gasteiger partial charge is 0.402 e. The molecule has 4 nitrogen and oxygen atoms in total. The molecular weight excluding hydrogens is 393 g/mol. The molecule has 0 radical (unpaired) electrons. The van der Waals surface area contributed by atoms with Gasteiger partial charge < -0.3 is 9.64 Å². The number of halogens is 3. The maximum atomic E-state index is 12.7. The summed E-state index contributed by atoms with van der Waals surface area (Å²) in [6, 6.07) is 12.4. The molecule has 2 aliphatic heterocycles. The third-order valence-corrected chi connectivity index (χ3v) is 5.42. The first-order valence-corrected chi connectivity index (χ1v) is 9.33. The molecule has 2 aromatic carbocycles. The number of aliphatic imine (C=N–C) groups is 1. The van der Waals surface area contributed by atoms with Gasteiger partial charge in [0.2, 0.25) is 5.90 Å². The van der Waals surface area contributed by atoms with Gasteiger partial charge in [-0.05, 0) is 48.0 Å². The first-order valence-electron chi connectivity index (χ1n) is 9.33. The van der Waals surface area contributed by atoms with E-state index in [0.717, 1.165) is 23.5 Å². The monoisotopic (exact) mass is 412 g/mol. The minimum atomic E-state index is -4.43. The molecule has 0 N–H and O–H groups in total. The van der Waals surface area contributed by atoms with Crippen LogP contribution in [0.25, 0.3) is 0 Å². The maximum absolute atomic E-state index is 12.7. The highest BCUT2D eigenvalue weighted by molar-refractivity contribution is 6.11. The van der Waals surface area contributed by atoms with Crippen molar-refractivity contribution in [3.05, 3.63) is 88.8 Å². The molecule has 4 rings (SSSR count). The maximum Gasteiger partial charge on any atom is 0.416 e. The van der Waals surface area contributed by atoms with Gasteiger partial charge in [0.1, 0.15) is 0 Å². The van der Waals surface area contributed by atoms with Gasteiger partial charge in [-0.25, -0.2) is 9.79 Å². The largest absolute Gasteiger partial charge is 0.416 e. The number of anilines is 1. The summed E-state index contributed by atoms with van der Waals surface area (Å²) < 4.78 is 43.3. The van der Waals surface area contributed by atoms with Crippen molar-refractivity contribution in [2.45, 2.75) is 25.4 Å². The van der Waals surface area contributed by atoms with Gasteiger partial charge in [0.15, 0.2) is 5.70 Å². The van der Waals surface area contributed by atoms with Crippen molar-refractivity contribution in [2.24, 2.45) is 4.99 Å². The predicted octanol–water partition coefficient (Wildman–Crippen LogP) is 5.20. The first-order chi connectivity index (χ1) is 14.1. The summed E-state index contributed by atoms with van der Waals surface area (Å²) in [5.41, 5.74) is 2.63. The van der Waals surface area contributed by atoms with E-state index in [1.54, 1.807) is 6.08 Å². The molecule has 0 spiro atoms. The van der Waals surface area contributed by atoms with Gasteiger partial charge in [-0.3, -0.25) is 0 Å². The number of hydrogen-bond acceptors (Lipinski definition) is 4. The molecule has 0 aliphatic carbocycles. The van der Waals surface area contributed by atoms with Gasteiger partial charge in [0, 0.05) is 29.4 Å². The number of alkyl halides is 3. The van der Waals surface area contributed by atoms with Crippen LogP contribution in [0.5, 0.6) is 0 Å². The van der Waals surface area contributed by atoms with E-state index in [2.05, 4.69) is 29.8 Å². The number of hydrogen-bond donors (Lipinski definition) is 0. The molecule has 0 amide bonds. The fraction of sp³-hybridized carbons (Fsp3) is 0.217. The highest BCUT2D eigenvalue weighted by Crippen LogP contribution is 2.46. The van der Waals surface area contributed by atoms with Crippen molar-refractivity contribution in [1.82, 2.24) is 0 Å². The normalized spacial score (nSPS) is 20.5. The molecule has 2 aliphatic rings. The van der Waals surface area contributed by atoms with E-state index in [-0.39, 0.29) is 17.0 Å². The quantitative estimate of drug-likeness (QED) is 0.503. The molecule has 0 unspecified atom stereocenters. The van der Waals surface area contributed by atoms with E-state index in [9.17, 15) is 18.0 Å². The van der Waals surface area contributed by atoms with E-state index in [0.29, 0.717) is 5.56 Å². The summed E-state index contributed by atoms with van der Waals surface area (Å²) in [5.74, 6) is -0.654. The van der Waals surface area contributed by atoms with Gasteiger partial charge in [-0.15, -0.1) is 0 Å². The molecule has 30 heavy (non-hydrogen) atoms. The number of cyclic esters (lactones) is 1. The zero-order chi connectivity index (χ0) is 21.7. The first kappa shape index (κ1) is 19.9. The van der Waals surface area contributed by atoms with Gasteiger partial charge in [0.25, 0.3) is 0 Å². The number of rotatable bonds is 2. The Balaban J connectivity index is 1.64. The van der Waals surface area contributed by atoms with E-state index in [1.165, 1.54) is 17.7 Å². The van der Waals surface area contributed by atoms with Crippen LogP contribution in [0.1, 0.15) is 30.5 Å². The fourth-order valence-corrected chi connectivity index (χ4v) is 3.81. The Morgan fingerprint density at radius 1 is 1.03 bits per heavy atom. The van der Waals surface area contributed by atoms with Gasteiger partial charge in [-0.1, -0.05) is 32.0 Å². The van der Waals surface area contributed by atoms with Crippen LogP contribution in [0.2, 0.25) is 0 Å². The van der Waals surface area contributed by atoms with Crippen LogP contribution in [0, 0.1) is 0 Å². The molecule has 0 aromatic heterocycles. The van der Waals surface area contributed by atoms with Crippen molar-refractivity contribution < 1.29 is 22.7 Å². The SMILES string of the molecule is CN1C(=CC=C2N=C(c3ccc(C(F)(F)F)cc3)OC2=O)C(C)(C)c2ccccc21. The standard InChI is InChI=1S/C23H19F3N2O2/c1-22(2)16-6-4-5-7-18(16)28(3)19(22)13-12-17-21(29)30-20(27-17)14-8-10-15(11-9-14)23(24,25)26/h4-13H,1-3H3. The number of likely N-dealkylation sites (N-methyl/N-ethyl adjacent to an activating group) is 1. The van der Waals surface area contributed by atoms with E-state index >= 15 is 0 Å². The highest BCUT2D eigenvalue weighted by atomic mass is 19.4. The van der Waals surface area contributed by atoms with Crippen LogP contribution in [0.15, 0.2) is 77.1 Å². The van der Waals surface area contributed by atoms with Crippen LogP contribution in [0.3, 0.4) is 0 Å². The van der Waals surface area contributed by atoms with Crippen LogP contribution in [0.4, 0.5) is 18.9 Å². The van der Waals surface area contributed by atoms with Gasteiger partial charge >= 0.3 is 12.1 Å².